The van der Waals surface area contributed by atoms with Crippen LogP contribution in [0.4, 0.5) is 11.4 Å². The summed E-state index contributed by atoms with van der Waals surface area (Å²) >= 11 is 0. The molecule has 43 heavy (non-hydrogen) atoms. The maximum atomic E-state index is 14.4. The fourth-order valence-corrected chi connectivity index (χ4v) is 6.94. The number of nitrogens with zero attached hydrogens (tertiary/aromatic N) is 3. The molecule has 0 radical (unpaired) electrons. The standard InChI is InChI=1S/C33H39N3O7/c1-5-18-34(22-10-14-25(15-11-22)42-7-3)30(38)27-26-16-17-33(43-26)28(27)31(39)36(20-21-37)29(33)32(40)35(19-6-2)23-8-12-24(41-4)13-9-23/h5-6,8-15,26-29,37H,1-2,7,16-21H2,3-4H3/t26-,27+,28+,29?,33?/m1/s1. The molecule has 3 heterocycles. The second-order valence-corrected chi connectivity index (χ2v) is 10.9. The maximum Gasteiger partial charge on any atom is 0.253 e. The van der Waals surface area contributed by atoms with Gasteiger partial charge in [-0.2, -0.15) is 0 Å². The number of ether oxygens (including phenoxy) is 3. The van der Waals surface area contributed by atoms with E-state index in [-0.39, 0.29) is 44.0 Å². The minimum Gasteiger partial charge on any atom is -0.497 e. The van der Waals surface area contributed by atoms with E-state index in [2.05, 4.69) is 13.2 Å². The number of fused-ring (bicyclic) bond motifs is 1. The molecule has 1 N–H and O–H groups in total. The van der Waals surface area contributed by atoms with Gasteiger partial charge in [-0.1, -0.05) is 12.2 Å². The molecule has 3 aliphatic rings. The zero-order valence-corrected chi connectivity index (χ0v) is 24.7. The number of carbonyl (C=O) groups is 3. The Hall–Kier alpha value is -4.15. The number of carbonyl (C=O) groups excluding carboxylic acids is 3. The van der Waals surface area contributed by atoms with Crippen LogP contribution in [-0.2, 0) is 19.1 Å². The molecule has 2 unspecified atom stereocenters. The molecule has 3 amide bonds. The molecule has 2 bridgehead atoms. The Bertz CT molecular complexity index is 1360. The Morgan fingerprint density at radius 3 is 2.14 bits per heavy atom. The topological polar surface area (TPSA) is 109 Å². The Balaban J connectivity index is 1.51. The van der Waals surface area contributed by atoms with Crippen molar-refractivity contribution in [2.75, 3.05) is 49.8 Å². The maximum absolute atomic E-state index is 14.4. The molecule has 3 fully saturated rings. The first-order chi connectivity index (χ1) is 20.8. The highest BCUT2D eigenvalue weighted by atomic mass is 16.5. The van der Waals surface area contributed by atoms with Crippen molar-refractivity contribution in [1.82, 2.24) is 4.90 Å². The highest BCUT2D eigenvalue weighted by molar-refractivity contribution is 6.06. The summed E-state index contributed by atoms with van der Waals surface area (Å²) in [5, 5.41) is 9.95. The monoisotopic (exact) mass is 589 g/mol. The molecule has 3 aliphatic heterocycles. The molecule has 0 saturated carbocycles. The van der Waals surface area contributed by atoms with Gasteiger partial charge >= 0.3 is 0 Å². The average molecular weight is 590 g/mol. The Morgan fingerprint density at radius 1 is 1.02 bits per heavy atom. The first-order valence-corrected chi connectivity index (χ1v) is 14.7. The average Bonchev–Trinajstić information content (AvgIpc) is 3.66. The number of anilines is 2. The van der Waals surface area contributed by atoms with Gasteiger partial charge in [0.2, 0.25) is 11.8 Å². The van der Waals surface area contributed by atoms with E-state index in [1.54, 1.807) is 77.6 Å². The molecule has 0 aromatic heterocycles. The lowest BCUT2D eigenvalue weighted by atomic mass is 9.70. The van der Waals surface area contributed by atoms with Crippen molar-refractivity contribution in [2.45, 2.75) is 37.5 Å². The van der Waals surface area contributed by atoms with Gasteiger partial charge in [-0.05, 0) is 68.3 Å². The zero-order valence-electron chi connectivity index (χ0n) is 24.7. The van der Waals surface area contributed by atoms with Gasteiger partial charge in [-0.25, -0.2) is 0 Å². The van der Waals surface area contributed by atoms with Crippen molar-refractivity contribution >= 4 is 29.1 Å². The number of rotatable bonds is 13. The normalized spacial score (nSPS) is 25.3. The van der Waals surface area contributed by atoms with Crippen LogP contribution in [0.5, 0.6) is 11.5 Å². The van der Waals surface area contributed by atoms with E-state index in [1.807, 2.05) is 6.92 Å². The quantitative estimate of drug-likeness (QED) is 0.358. The number of methoxy groups -OCH3 is 1. The van der Waals surface area contributed by atoms with E-state index in [9.17, 15) is 19.5 Å². The van der Waals surface area contributed by atoms with Crippen molar-refractivity contribution in [3.8, 4) is 11.5 Å². The molecule has 10 nitrogen and oxygen atoms in total. The molecule has 0 aliphatic carbocycles. The number of aliphatic hydroxyl groups is 1. The summed E-state index contributed by atoms with van der Waals surface area (Å²) < 4.78 is 17.4. The SMILES string of the molecule is C=CCN(C(=O)C1N(CCO)C(=O)[C@@H]2[C@@H](C(=O)N(CC=C)c3ccc(OCC)cc3)[C@H]3CCC12O3)c1ccc(OC)cc1. The summed E-state index contributed by atoms with van der Waals surface area (Å²) in [4.78, 5) is 47.5. The Morgan fingerprint density at radius 2 is 1.60 bits per heavy atom. The van der Waals surface area contributed by atoms with Crippen molar-refractivity contribution in [1.29, 1.82) is 0 Å². The predicted molar refractivity (Wildman–Crippen MR) is 162 cm³/mol. The third-order valence-corrected chi connectivity index (χ3v) is 8.66. The Labute approximate surface area is 252 Å². The van der Waals surface area contributed by atoms with Crippen LogP contribution in [0, 0.1) is 11.8 Å². The van der Waals surface area contributed by atoms with E-state index in [4.69, 9.17) is 14.2 Å². The van der Waals surface area contributed by atoms with Crippen LogP contribution >= 0.6 is 0 Å². The molecule has 2 aromatic rings. The smallest absolute Gasteiger partial charge is 0.253 e. The molecule has 1 spiro atoms. The zero-order chi connectivity index (χ0) is 30.7. The molecule has 5 atom stereocenters. The van der Waals surface area contributed by atoms with Crippen molar-refractivity contribution in [2.24, 2.45) is 11.8 Å². The first kappa shape index (κ1) is 30.3. The van der Waals surface area contributed by atoms with Gasteiger partial charge in [0, 0.05) is 31.0 Å². The molecule has 228 valence electrons. The second-order valence-electron chi connectivity index (χ2n) is 10.9. The summed E-state index contributed by atoms with van der Waals surface area (Å²) in [5.74, 6) is -1.29. The number of amides is 3. The van der Waals surface area contributed by atoms with Gasteiger partial charge in [0.15, 0.2) is 0 Å². The Kier molecular flexibility index (Phi) is 8.89. The summed E-state index contributed by atoms with van der Waals surface area (Å²) in [7, 11) is 1.57. The second kappa shape index (κ2) is 12.6. The van der Waals surface area contributed by atoms with E-state index < -0.39 is 29.6 Å². The van der Waals surface area contributed by atoms with E-state index in [0.29, 0.717) is 42.3 Å². The lowest BCUT2D eigenvalue weighted by Gasteiger charge is -2.36. The minimum absolute atomic E-state index is 0.0533. The van der Waals surface area contributed by atoms with Crippen molar-refractivity contribution < 1.29 is 33.7 Å². The number of likely N-dealkylation sites (tertiary alicyclic amines) is 1. The molecule has 5 rings (SSSR count). The lowest BCUT2D eigenvalue weighted by molar-refractivity contribution is -0.141. The summed E-state index contributed by atoms with van der Waals surface area (Å²) in [6.07, 6.45) is 3.73. The number of hydrogen-bond donors (Lipinski definition) is 1. The molecular formula is C33H39N3O7. The predicted octanol–water partition coefficient (Wildman–Crippen LogP) is 3.20. The summed E-state index contributed by atoms with van der Waals surface area (Å²) in [5.41, 5.74) is 0.0562. The van der Waals surface area contributed by atoms with Crippen LogP contribution in [0.25, 0.3) is 0 Å². The van der Waals surface area contributed by atoms with Crippen LogP contribution in [0.2, 0.25) is 0 Å². The van der Waals surface area contributed by atoms with E-state index in [1.165, 1.54) is 4.90 Å². The van der Waals surface area contributed by atoms with Crippen molar-refractivity contribution in [3.05, 3.63) is 73.8 Å². The molecular weight excluding hydrogens is 550 g/mol. The third-order valence-electron chi connectivity index (χ3n) is 8.66. The van der Waals surface area contributed by atoms with E-state index in [0.717, 1.165) is 0 Å². The highest BCUT2D eigenvalue weighted by Crippen LogP contribution is 2.59. The van der Waals surface area contributed by atoms with Gasteiger partial charge in [0.25, 0.3) is 5.91 Å². The van der Waals surface area contributed by atoms with E-state index >= 15 is 0 Å². The van der Waals surface area contributed by atoms with Crippen LogP contribution < -0.4 is 19.3 Å². The largest absolute Gasteiger partial charge is 0.497 e. The summed E-state index contributed by atoms with van der Waals surface area (Å²) in [6, 6.07) is 13.2. The van der Waals surface area contributed by atoms with Crippen LogP contribution in [0.15, 0.2) is 73.8 Å². The molecule has 10 heteroatoms. The highest BCUT2D eigenvalue weighted by Gasteiger charge is 2.75. The molecule has 2 aromatic carbocycles. The summed E-state index contributed by atoms with van der Waals surface area (Å²) in [6.45, 7) is 10.1. The lowest BCUT2D eigenvalue weighted by Crippen LogP contribution is -2.57. The number of benzene rings is 2. The minimum atomic E-state index is -1.20. The van der Waals surface area contributed by atoms with Gasteiger partial charge in [-0.15, -0.1) is 13.2 Å². The number of β-amino-alcohol motifs (C(OH)–C–C–N with tert-alkyl or cyclic N) is 1. The fourth-order valence-electron chi connectivity index (χ4n) is 6.94. The van der Waals surface area contributed by atoms with Gasteiger partial charge < -0.3 is 34.0 Å². The van der Waals surface area contributed by atoms with Gasteiger partial charge in [-0.3, -0.25) is 14.4 Å². The van der Waals surface area contributed by atoms with Gasteiger partial charge in [0.1, 0.15) is 23.1 Å². The number of hydrogen-bond acceptors (Lipinski definition) is 7. The van der Waals surface area contributed by atoms with Crippen LogP contribution in [0.3, 0.4) is 0 Å². The first-order valence-electron chi connectivity index (χ1n) is 14.7. The van der Waals surface area contributed by atoms with Crippen LogP contribution in [0.1, 0.15) is 19.8 Å². The number of aliphatic hydroxyl groups excluding tert-OH is 1. The van der Waals surface area contributed by atoms with Crippen molar-refractivity contribution in [3.63, 3.8) is 0 Å². The fraction of sp³-hybridized carbons (Fsp3) is 0.424. The molecule has 3 saturated heterocycles. The van der Waals surface area contributed by atoms with Gasteiger partial charge in [0.05, 0.1) is 38.3 Å². The third kappa shape index (κ3) is 5.19. The van der Waals surface area contributed by atoms with Crippen LogP contribution in [-0.4, -0.2) is 85.4 Å².